The Labute approximate surface area is 103 Å². The number of ether oxygens (including phenoxy) is 1. The highest BCUT2D eigenvalue weighted by molar-refractivity contribution is 7.09. The summed E-state index contributed by atoms with van der Waals surface area (Å²) >= 11 is 1.44. The Kier molecular flexibility index (Phi) is 3.39. The third-order valence-corrected chi connectivity index (χ3v) is 3.17. The van der Waals surface area contributed by atoms with E-state index < -0.39 is 5.91 Å². The molecular weight excluding hydrogens is 236 g/mol. The Balaban J connectivity index is 2.11. The Bertz CT molecular complexity index is 520. The molecule has 1 amide bonds. The number of aromatic nitrogens is 1. The van der Waals surface area contributed by atoms with Gasteiger partial charge in [0.1, 0.15) is 11.4 Å². The van der Waals surface area contributed by atoms with E-state index >= 15 is 0 Å². The lowest BCUT2D eigenvalue weighted by Gasteiger charge is -2.01. The SMILES string of the molecule is COc1ccc(Cc2nc(C(N)=O)cs2)cc1. The highest BCUT2D eigenvalue weighted by atomic mass is 32.1. The van der Waals surface area contributed by atoms with Gasteiger partial charge in [0.05, 0.1) is 12.1 Å². The summed E-state index contributed by atoms with van der Waals surface area (Å²) in [5.74, 6) is 0.341. The van der Waals surface area contributed by atoms with Gasteiger partial charge in [-0.1, -0.05) is 12.1 Å². The number of carbonyl (C=O) groups is 1. The zero-order valence-corrected chi connectivity index (χ0v) is 10.2. The van der Waals surface area contributed by atoms with Crippen molar-refractivity contribution >= 4 is 17.2 Å². The van der Waals surface area contributed by atoms with Crippen LogP contribution in [0.4, 0.5) is 0 Å². The van der Waals surface area contributed by atoms with Crippen molar-refractivity contribution in [3.63, 3.8) is 0 Å². The van der Waals surface area contributed by atoms with Crippen LogP contribution in [0.5, 0.6) is 5.75 Å². The Morgan fingerprint density at radius 1 is 1.41 bits per heavy atom. The molecule has 0 aliphatic rings. The standard InChI is InChI=1S/C12H12N2O2S/c1-16-9-4-2-8(3-5-9)6-11-14-10(7-17-11)12(13)15/h2-5,7H,6H2,1H3,(H2,13,15). The largest absolute Gasteiger partial charge is 0.497 e. The third kappa shape index (κ3) is 2.82. The van der Waals surface area contributed by atoms with Gasteiger partial charge >= 0.3 is 0 Å². The molecule has 0 spiro atoms. The second-order valence-corrected chi connectivity index (χ2v) is 4.46. The van der Waals surface area contributed by atoms with E-state index in [-0.39, 0.29) is 0 Å². The molecule has 0 saturated heterocycles. The average Bonchev–Trinajstić information content (AvgIpc) is 2.79. The van der Waals surface area contributed by atoms with Crippen LogP contribution in [0.2, 0.25) is 0 Å². The fourth-order valence-corrected chi connectivity index (χ4v) is 2.24. The van der Waals surface area contributed by atoms with Crippen molar-refractivity contribution < 1.29 is 9.53 Å². The van der Waals surface area contributed by atoms with Gasteiger partial charge < -0.3 is 10.5 Å². The third-order valence-electron chi connectivity index (χ3n) is 2.32. The molecular formula is C12H12N2O2S. The number of methoxy groups -OCH3 is 1. The summed E-state index contributed by atoms with van der Waals surface area (Å²) in [7, 11) is 1.63. The molecule has 0 saturated carbocycles. The first-order valence-electron chi connectivity index (χ1n) is 5.06. The second-order valence-electron chi connectivity index (χ2n) is 3.52. The zero-order chi connectivity index (χ0) is 12.3. The minimum absolute atomic E-state index is 0.332. The first kappa shape index (κ1) is 11.6. The van der Waals surface area contributed by atoms with Gasteiger partial charge in [0.2, 0.25) is 0 Å². The van der Waals surface area contributed by atoms with Gasteiger partial charge in [-0.25, -0.2) is 4.98 Å². The Hall–Kier alpha value is -1.88. The Morgan fingerprint density at radius 3 is 2.65 bits per heavy atom. The van der Waals surface area contributed by atoms with Crippen molar-refractivity contribution in [1.82, 2.24) is 4.98 Å². The number of hydrogen-bond acceptors (Lipinski definition) is 4. The first-order valence-corrected chi connectivity index (χ1v) is 5.94. The molecule has 0 aliphatic heterocycles. The molecule has 4 nitrogen and oxygen atoms in total. The van der Waals surface area contributed by atoms with E-state index in [0.29, 0.717) is 12.1 Å². The van der Waals surface area contributed by atoms with Crippen molar-refractivity contribution in [2.24, 2.45) is 5.73 Å². The van der Waals surface area contributed by atoms with Crippen molar-refractivity contribution in [2.75, 3.05) is 7.11 Å². The lowest BCUT2D eigenvalue weighted by Crippen LogP contribution is -2.11. The van der Waals surface area contributed by atoms with E-state index in [1.165, 1.54) is 11.3 Å². The quantitative estimate of drug-likeness (QED) is 0.897. The summed E-state index contributed by atoms with van der Waals surface area (Å²) in [6.07, 6.45) is 0.696. The van der Waals surface area contributed by atoms with E-state index in [1.807, 2.05) is 24.3 Å². The number of hydrogen-bond donors (Lipinski definition) is 1. The molecule has 2 aromatic rings. The molecule has 17 heavy (non-hydrogen) atoms. The first-order chi connectivity index (χ1) is 8.19. The van der Waals surface area contributed by atoms with E-state index in [1.54, 1.807) is 12.5 Å². The summed E-state index contributed by atoms with van der Waals surface area (Å²) in [5, 5.41) is 2.56. The predicted octanol–water partition coefficient (Wildman–Crippen LogP) is 1.84. The van der Waals surface area contributed by atoms with Gasteiger partial charge in [0.15, 0.2) is 0 Å². The average molecular weight is 248 g/mol. The maximum absolute atomic E-state index is 10.9. The molecule has 0 unspecified atom stereocenters. The molecule has 1 aromatic carbocycles. The Morgan fingerprint density at radius 2 is 2.12 bits per heavy atom. The minimum Gasteiger partial charge on any atom is -0.497 e. The van der Waals surface area contributed by atoms with Gasteiger partial charge in [0, 0.05) is 11.8 Å². The molecule has 88 valence electrons. The van der Waals surface area contributed by atoms with Crippen LogP contribution in [-0.4, -0.2) is 18.0 Å². The molecule has 1 heterocycles. The molecule has 2 N–H and O–H groups in total. The van der Waals surface area contributed by atoms with E-state index in [4.69, 9.17) is 10.5 Å². The summed E-state index contributed by atoms with van der Waals surface area (Å²) in [6.45, 7) is 0. The molecule has 5 heteroatoms. The second kappa shape index (κ2) is 4.97. The van der Waals surface area contributed by atoms with Gasteiger partial charge in [-0.05, 0) is 17.7 Å². The number of nitrogens with two attached hydrogens (primary N) is 1. The summed E-state index contributed by atoms with van der Waals surface area (Å²) in [5.41, 5.74) is 6.60. The van der Waals surface area contributed by atoms with E-state index in [0.717, 1.165) is 16.3 Å². The number of rotatable bonds is 4. The molecule has 2 rings (SSSR count). The van der Waals surface area contributed by atoms with Crippen LogP contribution < -0.4 is 10.5 Å². The van der Waals surface area contributed by atoms with Gasteiger partial charge in [-0.2, -0.15) is 0 Å². The van der Waals surface area contributed by atoms with Crippen LogP contribution in [0.15, 0.2) is 29.6 Å². The molecule has 0 aliphatic carbocycles. The van der Waals surface area contributed by atoms with Crippen molar-refractivity contribution in [3.8, 4) is 5.75 Å². The number of carbonyl (C=O) groups excluding carboxylic acids is 1. The molecule has 0 atom stereocenters. The van der Waals surface area contributed by atoms with Crippen molar-refractivity contribution in [3.05, 3.63) is 45.9 Å². The highest BCUT2D eigenvalue weighted by Gasteiger charge is 2.07. The van der Waals surface area contributed by atoms with Crippen molar-refractivity contribution in [2.45, 2.75) is 6.42 Å². The monoisotopic (exact) mass is 248 g/mol. The van der Waals surface area contributed by atoms with Crippen LogP contribution in [0.25, 0.3) is 0 Å². The predicted molar refractivity (Wildman–Crippen MR) is 66.4 cm³/mol. The van der Waals surface area contributed by atoms with E-state index in [2.05, 4.69) is 4.98 Å². The molecule has 0 radical (unpaired) electrons. The summed E-state index contributed by atoms with van der Waals surface area (Å²) < 4.78 is 5.08. The molecule has 0 fully saturated rings. The van der Waals surface area contributed by atoms with Crippen LogP contribution in [0, 0.1) is 0 Å². The molecule has 1 aromatic heterocycles. The fraction of sp³-hybridized carbons (Fsp3) is 0.167. The van der Waals surface area contributed by atoms with Crippen LogP contribution in [0.1, 0.15) is 21.1 Å². The van der Waals surface area contributed by atoms with Gasteiger partial charge in [0.25, 0.3) is 5.91 Å². The highest BCUT2D eigenvalue weighted by Crippen LogP contribution is 2.17. The molecule has 0 bridgehead atoms. The maximum atomic E-state index is 10.9. The van der Waals surface area contributed by atoms with Crippen LogP contribution >= 0.6 is 11.3 Å². The smallest absolute Gasteiger partial charge is 0.268 e. The lowest BCUT2D eigenvalue weighted by atomic mass is 10.1. The number of benzene rings is 1. The normalized spacial score (nSPS) is 10.2. The number of thiazole rings is 1. The van der Waals surface area contributed by atoms with E-state index in [9.17, 15) is 4.79 Å². The topological polar surface area (TPSA) is 65.2 Å². The van der Waals surface area contributed by atoms with Gasteiger partial charge in [-0.15, -0.1) is 11.3 Å². The van der Waals surface area contributed by atoms with Gasteiger partial charge in [-0.3, -0.25) is 4.79 Å². The number of nitrogens with zero attached hydrogens (tertiary/aromatic N) is 1. The minimum atomic E-state index is -0.484. The lowest BCUT2D eigenvalue weighted by molar-refractivity contribution is 0.0996. The summed E-state index contributed by atoms with van der Waals surface area (Å²) in [6, 6.07) is 7.75. The zero-order valence-electron chi connectivity index (χ0n) is 9.34. The number of primary amides is 1. The van der Waals surface area contributed by atoms with Crippen LogP contribution in [-0.2, 0) is 6.42 Å². The van der Waals surface area contributed by atoms with Crippen molar-refractivity contribution in [1.29, 1.82) is 0 Å². The number of amides is 1. The summed E-state index contributed by atoms with van der Waals surface area (Å²) in [4.78, 5) is 15.1. The van der Waals surface area contributed by atoms with Crippen LogP contribution in [0.3, 0.4) is 0 Å². The maximum Gasteiger partial charge on any atom is 0.268 e. The fourth-order valence-electron chi connectivity index (χ4n) is 1.42.